The molecule has 0 saturated carbocycles. The maximum atomic E-state index is 14.8. The van der Waals surface area contributed by atoms with Crippen LogP contribution in [-0.2, 0) is 6.18 Å². The van der Waals surface area contributed by atoms with Crippen molar-refractivity contribution >= 4 is 43.6 Å². The van der Waals surface area contributed by atoms with Gasteiger partial charge in [0.15, 0.2) is 0 Å². The maximum absolute atomic E-state index is 14.8. The van der Waals surface area contributed by atoms with Crippen molar-refractivity contribution in [2.75, 3.05) is 0 Å². The smallest absolute Gasteiger partial charge is 0.309 e. The minimum Gasteiger partial charge on any atom is -0.309 e. The monoisotopic (exact) mass is 1140 g/mol. The van der Waals surface area contributed by atoms with Gasteiger partial charge in [0.1, 0.15) is 0 Å². The van der Waals surface area contributed by atoms with Crippen LogP contribution in [0.1, 0.15) is 83.5 Å². The van der Waals surface area contributed by atoms with Crippen molar-refractivity contribution in [3.63, 3.8) is 0 Å². The molecule has 0 N–H and O–H groups in total. The summed E-state index contributed by atoms with van der Waals surface area (Å²) < 4.78 is 49.1. The minimum atomic E-state index is -4.56. The Morgan fingerprint density at radius 2 is 0.598 bits per heavy atom. The summed E-state index contributed by atoms with van der Waals surface area (Å²) in [6.45, 7) is 27.8. The number of alkyl halides is 3. The fourth-order valence-corrected chi connectivity index (χ4v) is 15.0. The summed E-state index contributed by atoms with van der Waals surface area (Å²) in [5.74, 6) is 0. The first-order chi connectivity index (χ1) is 41.5. The number of aryl methyl sites for hydroxylation is 13. The second-order valence-corrected chi connectivity index (χ2v) is 24.9. The molecular formula is C81H68F3N3. The second-order valence-electron chi connectivity index (χ2n) is 24.9. The first kappa shape index (κ1) is 56.4. The van der Waals surface area contributed by atoms with Crippen LogP contribution in [0.5, 0.6) is 0 Å². The highest BCUT2D eigenvalue weighted by molar-refractivity contribution is 6.14. The van der Waals surface area contributed by atoms with Gasteiger partial charge < -0.3 is 9.13 Å². The number of aromatic nitrogens is 2. The van der Waals surface area contributed by atoms with Crippen molar-refractivity contribution < 1.29 is 13.2 Å². The van der Waals surface area contributed by atoms with Crippen molar-refractivity contribution in [1.82, 2.24) is 9.13 Å². The lowest BCUT2D eigenvalue weighted by molar-refractivity contribution is -0.137. The van der Waals surface area contributed by atoms with E-state index < -0.39 is 11.7 Å². The Balaban J connectivity index is 1.14. The molecule has 0 fully saturated rings. The third-order valence-electron chi connectivity index (χ3n) is 18.0. The van der Waals surface area contributed by atoms with E-state index in [1.165, 1.54) is 101 Å². The van der Waals surface area contributed by atoms with E-state index in [4.69, 9.17) is 0 Å². The zero-order valence-electron chi connectivity index (χ0n) is 51.7. The molecule has 0 saturated heterocycles. The van der Waals surface area contributed by atoms with E-state index in [2.05, 4.69) is 226 Å². The Kier molecular flexibility index (Phi) is 13.7. The molecule has 0 amide bonds. The molecule has 0 bridgehead atoms. The van der Waals surface area contributed by atoms with Crippen LogP contribution >= 0.6 is 0 Å². The Morgan fingerprint density at radius 3 is 0.920 bits per heavy atom. The number of fused-ring (bicyclic) bond motifs is 6. The van der Waals surface area contributed by atoms with Gasteiger partial charge in [0.25, 0.3) is 0 Å². The highest BCUT2D eigenvalue weighted by Gasteiger charge is 2.32. The van der Waals surface area contributed by atoms with Crippen LogP contribution in [-0.4, -0.2) is 9.13 Å². The van der Waals surface area contributed by atoms with Crippen LogP contribution in [0, 0.1) is 101 Å². The molecular weight excluding hydrogens is 1070 g/mol. The van der Waals surface area contributed by atoms with Crippen LogP contribution in [0.25, 0.3) is 122 Å². The van der Waals surface area contributed by atoms with Gasteiger partial charge in [0.2, 0.25) is 0 Å². The Hall–Kier alpha value is -9.70. The molecule has 0 radical (unpaired) electrons. The molecule has 13 rings (SSSR count). The molecule has 428 valence electrons. The van der Waals surface area contributed by atoms with Gasteiger partial charge >= 0.3 is 6.18 Å². The van der Waals surface area contributed by atoms with Crippen LogP contribution in [0.4, 0.5) is 13.2 Å². The van der Waals surface area contributed by atoms with Crippen LogP contribution in [0.15, 0.2) is 176 Å². The summed E-state index contributed by atoms with van der Waals surface area (Å²) in [6, 6.07) is 63.8. The molecule has 0 aliphatic heterocycles. The molecule has 3 nitrogen and oxygen atoms in total. The summed E-state index contributed by atoms with van der Waals surface area (Å²) in [7, 11) is 0. The molecule has 6 heteroatoms. The SMILES string of the molecule is Cc1cc(-c2ccc(-n3c4ccc(-c5c(C)cc(C)cc5C)cc4c4cc(-c5c(C)cc(C)cc5C)ccc43)c(-c3cc(C#N)ccc3-n3c4ccc(-c5c(C)cc(C)cc5C)cc4c4cc(-c5c(C)cc(C)cc5C)ccc43)c2)cc(C(F)(F)F)c1. The van der Waals surface area contributed by atoms with E-state index >= 15 is 0 Å². The molecule has 0 atom stereocenters. The third kappa shape index (κ3) is 9.71. The molecule has 0 aliphatic carbocycles. The van der Waals surface area contributed by atoms with Crippen molar-refractivity contribution in [3.8, 4) is 84.2 Å². The molecule has 87 heavy (non-hydrogen) atoms. The van der Waals surface area contributed by atoms with Crippen molar-refractivity contribution in [2.24, 2.45) is 0 Å². The van der Waals surface area contributed by atoms with Gasteiger partial charge in [-0.25, -0.2) is 0 Å². The van der Waals surface area contributed by atoms with Gasteiger partial charge in [0.05, 0.1) is 50.6 Å². The summed E-state index contributed by atoms with van der Waals surface area (Å²) >= 11 is 0. The zero-order valence-corrected chi connectivity index (χ0v) is 51.7. The number of nitrogens with zero attached hydrogens (tertiary/aromatic N) is 3. The van der Waals surface area contributed by atoms with Gasteiger partial charge in [-0.2, -0.15) is 18.4 Å². The number of hydrogen-bond acceptors (Lipinski definition) is 1. The summed E-state index contributed by atoms with van der Waals surface area (Å²) in [4.78, 5) is 0. The number of hydrogen-bond donors (Lipinski definition) is 0. The Morgan fingerprint density at radius 1 is 0.299 bits per heavy atom. The molecule has 0 unspecified atom stereocenters. The fourth-order valence-electron chi connectivity index (χ4n) is 15.0. The van der Waals surface area contributed by atoms with Gasteiger partial charge in [-0.3, -0.25) is 0 Å². The number of rotatable bonds is 8. The Labute approximate surface area is 508 Å². The number of benzene rings is 11. The van der Waals surface area contributed by atoms with Crippen molar-refractivity contribution in [3.05, 3.63) is 259 Å². The first-order valence-corrected chi connectivity index (χ1v) is 29.9. The molecule has 13 aromatic rings. The fraction of sp³-hybridized carbons (Fsp3) is 0.173. The van der Waals surface area contributed by atoms with E-state index in [0.29, 0.717) is 22.3 Å². The normalized spacial score (nSPS) is 11.9. The third-order valence-corrected chi connectivity index (χ3v) is 18.0. The maximum Gasteiger partial charge on any atom is 0.416 e. The number of nitriles is 1. The van der Waals surface area contributed by atoms with Crippen LogP contribution < -0.4 is 0 Å². The van der Waals surface area contributed by atoms with Crippen molar-refractivity contribution in [2.45, 2.75) is 96.2 Å². The number of halogens is 3. The lowest BCUT2D eigenvalue weighted by atomic mass is 9.91. The summed E-state index contributed by atoms with van der Waals surface area (Å²) in [6.07, 6.45) is -4.56. The van der Waals surface area contributed by atoms with Gasteiger partial charge in [-0.15, -0.1) is 0 Å². The predicted molar refractivity (Wildman–Crippen MR) is 359 cm³/mol. The minimum absolute atomic E-state index is 0.442. The van der Waals surface area contributed by atoms with Crippen LogP contribution in [0.2, 0.25) is 0 Å². The average Bonchev–Trinajstić information content (AvgIpc) is 1.66. The lowest BCUT2D eigenvalue weighted by Crippen LogP contribution is -2.05. The molecule has 11 aromatic carbocycles. The Bertz CT molecular complexity index is 4800. The zero-order chi connectivity index (χ0) is 61.2. The van der Waals surface area contributed by atoms with E-state index in [1.54, 1.807) is 6.92 Å². The van der Waals surface area contributed by atoms with Crippen molar-refractivity contribution in [1.29, 1.82) is 5.26 Å². The largest absolute Gasteiger partial charge is 0.416 e. The van der Waals surface area contributed by atoms with E-state index in [0.717, 1.165) is 88.4 Å². The molecule has 0 spiro atoms. The summed E-state index contributed by atoms with van der Waals surface area (Å²) in [5.41, 5.74) is 32.1. The average molecular weight is 1140 g/mol. The second kappa shape index (κ2) is 21.1. The van der Waals surface area contributed by atoms with Gasteiger partial charge in [-0.1, -0.05) is 107 Å². The standard InChI is InChI=1S/C81H68F3N3/c1-44-26-49(6)77(50(7)27-44)59-16-22-73-67(39-59)68-40-60(78-51(8)28-45(2)29-52(78)9)17-23-74(68)86(73)71-20-14-57(43-85)36-65(71)66-38-58(63-34-48(5)35-64(37-63)81(82,83)84)15-21-72(66)87-75-24-18-61(79-53(10)30-46(3)31-54(79)11)41-69(75)70-42-62(19-25-76(70)87)80-55(12)32-47(4)33-56(80)13/h14-42H,1-13H3. The molecule has 0 aliphatic rings. The predicted octanol–water partition coefficient (Wildman–Crippen LogP) is 22.8. The first-order valence-electron chi connectivity index (χ1n) is 29.9. The van der Waals surface area contributed by atoms with Crippen LogP contribution in [0.3, 0.4) is 0 Å². The molecule has 2 heterocycles. The highest BCUT2D eigenvalue weighted by Crippen LogP contribution is 2.47. The van der Waals surface area contributed by atoms with E-state index in [-0.39, 0.29) is 0 Å². The molecule has 2 aromatic heterocycles. The lowest BCUT2D eigenvalue weighted by Gasteiger charge is -2.21. The highest BCUT2D eigenvalue weighted by atomic mass is 19.4. The van der Waals surface area contributed by atoms with E-state index in [9.17, 15) is 18.4 Å². The van der Waals surface area contributed by atoms with Gasteiger partial charge in [-0.05, 0) is 287 Å². The van der Waals surface area contributed by atoms with E-state index in [1.807, 2.05) is 36.4 Å². The topological polar surface area (TPSA) is 33.6 Å². The van der Waals surface area contributed by atoms with Gasteiger partial charge in [0, 0.05) is 32.7 Å². The summed E-state index contributed by atoms with van der Waals surface area (Å²) in [5, 5.41) is 15.2. The quantitative estimate of drug-likeness (QED) is 0.149.